The first-order valence-corrected chi connectivity index (χ1v) is 8.55. The molecule has 0 aliphatic carbocycles. The summed E-state index contributed by atoms with van der Waals surface area (Å²) in [6.07, 6.45) is 0. The smallest absolute Gasteiger partial charge is 0.347 e. The van der Waals surface area contributed by atoms with Crippen LogP contribution >= 0.6 is 0 Å². The van der Waals surface area contributed by atoms with Crippen LogP contribution in [0.15, 0.2) is 66.7 Å². The zero-order valence-electron chi connectivity index (χ0n) is 15.5. The molecule has 0 saturated carbocycles. The zero-order chi connectivity index (χ0) is 19.9. The minimum atomic E-state index is -0.601. The second kappa shape index (κ2) is 8.92. The Kier molecular flexibility index (Phi) is 6.14. The van der Waals surface area contributed by atoms with Gasteiger partial charge in [0.2, 0.25) is 0 Å². The van der Waals surface area contributed by atoms with Crippen molar-refractivity contribution >= 4 is 5.97 Å². The second-order valence-electron chi connectivity index (χ2n) is 5.80. The van der Waals surface area contributed by atoms with Crippen molar-refractivity contribution in [3.8, 4) is 28.7 Å². The van der Waals surface area contributed by atoms with Gasteiger partial charge in [-0.05, 0) is 48.5 Å². The first-order chi connectivity index (χ1) is 13.6. The lowest BCUT2D eigenvalue weighted by Gasteiger charge is -2.13. The zero-order valence-corrected chi connectivity index (χ0v) is 15.5. The molecule has 28 heavy (non-hydrogen) atoms. The first kappa shape index (κ1) is 19.3. The van der Waals surface area contributed by atoms with Crippen LogP contribution in [0.3, 0.4) is 0 Å². The first-order valence-electron chi connectivity index (χ1n) is 8.55. The van der Waals surface area contributed by atoms with Gasteiger partial charge in [0, 0.05) is 5.56 Å². The molecule has 3 rings (SSSR count). The van der Waals surface area contributed by atoms with Crippen LogP contribution in [0.25, 0.3) is 0 Å². The van der Waals surface area contributed by atoms with E-state index in [1.54, 1.807) is 30.3 Å². The van der Waals surface area contributed by atoms with Crippen molar-refractivity contribution in [2.24, 2.45) is 0 Å². The predicted octanol–water partition coefficient (Wildman–Crippen LogP) is 4.21. The third-order valence-corrected chi connectivity index (χ3v) is 4.01. The van der Waals surface area contributed by atoms with Gasteiger partial charge in [-0.2, -0.15) is 0 Å². The lowest BCUT2D eigenvalue weighted by molar-refractivity contribution is 0.0730. The molecule has 0 atom stereocenters. The molecule has 3 aromatic carbocycles. The van der Waals surface area contributed by atoms with Crippen molar-refractivity contribution in [2.45, 2.75) is 6.61 Å². The van der Waals surface area contributed by atoms with Crippen LogP contribution in [-0.2, 0) is 6.61 Å². The van der Waals surface area contributed by atoms with Gasteiger partial charge in [0.15, 0.2) is 0 Å². The average molecular weight is 380 g/mol. The molecule has 6 heteroatoms. The number of rotatable bonds is 7. The quantitative estimate of drug-likeness (QED) is 0.489. The van der Waals surface area contributed by atoms with Gasteiger partial charge in [-0.15, -0.1) is 0 Å². The molecule has 0 aromatic heterocycles. The number of aliphatic hydroxyl groups excluding tert-OH is 1. The Morgan fingerprint density at radius 1 is 0.821 bits per heavy atom. The van der Waals surface area contributed by atoms with E-state index in [0.29, 0.717) is 34.3 Å². The van der Waals surface area contributed by atoms with Crippen molar-refractivity contribution in [3.05, 3.63) is 77.9 Å². The highest BCUT2D eigenvalue weighted by Gasteiger charge is 2.19. The van der Waals surface area contributed by atoms with Crippen molar-refractivity contribution in [1.29, 1.82) is 0 Å². The minimum absolute atomic E-state index is 0.196. The van der Waals surface area contributed by atoms with Gasteiger partial charge in [0.05, 0.1) is 20.8 Å². The number of benzene rings is 3. The number of ether oxygens (including phenoxy) is 4. The fourth-order valence-corrected chi connectivity index (χ4v) is 2.61. The summed E-state index contributed by atoms with van der Waals surface area (Å²) in [6, 6.07) is 19.1. The number of carbonyl (C=O) groups is 1. The molecule has 144 valence electrons. The van der Waals surface area contributed by atoms with Gasteiger partial charge in [-0.25, -0.2) is 4.79 Å². The van der Waals surface area contributed by atoms with Crippen molar-refractivity contribution in [2.75, 3.05) is 14.2 Å². The van der Waals surface area contributed by atoms with Crippen LogP contribution < -0.4 is 18.9 Å². The number of para-hydroxylation sites is 1. The number of aliphatic hydroxyl groups is 1. The van der Waals surface area contributed by atoms with E-state index < -0.39 is 5.97 Å². The van der Waals surface area contributed by atoms with E-state index in [2.05, 4.69) is 0 Å². The van der Waals surface area contributed by atoms with Crippen LogP contribution in [0.2, 0.25) is 0 Å². The maximum atomic E-state index is 12.6. The average Bonchev–Trinajstić information content (AvgIpc) is 2.74. The third-order valence-electron chi connectivity index (χ3n) is 4.01. The number of carbonyl (C=O) groups excluding carboxylic acids is 1. The molecule has 3 aromatic rings. The van der Waals surface area contributed by atoms with Crippen LogP contribution in [-0.4, -0.2) is 25.3 Å². The van der Waals surface area contributed by atoms with Gasteiger partial charge >= 0.3 is 5.97 Å². The SMILES string of the molecule is COc1cc(C(=O)Oc2ccc(Oc3ccccc3)cc2)c(OC)cc1CO. The predicted molar refractivity (Wildman–Crippen MR) is 103 cm³/mol. The van der Waals surface area contributed by atoms with Gasteiger partial charge in [-0.1, -0.05) is 18.2 Å². The Bertz CT molecular complexity index is 935. The molecule has 0 amide bonds. The Labute approximate surface area is 162 Å². The van der Waals surface area contributed by atoms with Gasteiger partial charge in [0.25, 0.3) is 0 Å². The van der Waals surface area contributed by atoms with E-state index in [-0.39, 0.29) is 12.2 Å². The Morgan fingerprint density at radius 2 is 1.43 bits per heavy atom. The minimum Gasteiger partial charge on any atom is -0.496 e. The Hall–Kier alpha value is -3.51. The number of hydrogen-bond donors (Lipinski definition) is 1. The van der Waals surface area contributed by atoms with E-state index in [0.717, 1.165) is 0 Å². The summed E-state index contributed by atoms with van der Waals surface area (Å²) in [5, 5.41) is 9.40. The van der Waals surface area contributed by atoms with Crippen LogP contribution in [0.1, 0.15) is 15.9 Å². The second-order valence-corrected chi connectivity index (χ2v) is 5.80. The highest BCUT2D eigenvalue weighted by Crippen LogP contribution is 2.30. The van der Waals surface area contributed by atoms with E-state index in [9.17, 15) is 9.90 Å². The van der Waals surface area contributed by atoms with E-state index in [4.69, 9.17) is 18.9 Å². The van der Waals surface area contributed by atoms with E-state index >= 15 is 0 Å². The summed E-state index contributed by atoms with van der Waals surface area (Å²) >= 11 is 0. The highest BCUT2D eigenvalue weighted by atomic mass is 16.5. The van der Waals surface area contributed by atoms with Crippen molar-refractivity contribution in [3.63, 3.8) is 0 Å². The normalized spacial score (nSPS) is 10.2. The van der Waals surface area contributed by atoms with Crippen LogP contribution in [0, 0.1) is 0 Å². The highest BCUT2D eigenvalue weighted by molar-refractivity contribution is 5.94. The van der Waals surface area contributed by atoms with Crippen LogP contribution in [0.4, 0.5) is 0 Å². The molecule has 0 bridgehead atoms. The summed E-state index contributed by atoms with van der Waals surface area (Å²) < 4.78 is 21.6. The number of esters is 1. The standard InChI is InChI=1S/C22H20O6/c1-25-20-13-19(21(26-2)12-15(20)14-23)22(24)28-18-10-8-17(9-11-18)27-16-6-4-3-5-7-16/h3-13,23H,14H2,1-2H3. The molecule has 0 radical (unpaired) electrons. The Morgan fingerprint density at radius 3 is 2.04 bits per heavy atom. The largest absolute Gasteiger partial charge is 0.496 e. The molecular weight excluding hydrogens is 360 g/mol. The lowest BCUT2D eigenvalue weighted by atomic mass is 10.1. The summed E-state index contributed by atoms with van der Waals surface area (Å²) in [4.78, 5) is 12.6. The fourth-order valence-electron chi connectivity index (χ4n) is 2.61. The molecule has 0 unspecified atom stereocenters. The number of methoxy groups -OCH3 is 2. The molecule has 0 saturated heterocycles. The van der Waals surface area contributed by atoms with Gasteiger partial charge < -0.3 is 24.1 Å². The Balaban J connectivity index is 1.76. The molecule has 1 N–H and O–H groups in total. The summed E-state index contributed by atoms with van der Waals surface area (Å²) in [6.45, 7) is -0.238. The molecule has 0 heterocycles. The summed E-state index contributed by atoms with van der Waals surface area (Å²) in [5.74, 6) is 1.76. The molecular formula is C22H20O6. The van der Waals surface area contributed by atoms with E-state index in [1.807, 2.05) is 30.3 Å². The van der Waals surface area contributed by atoms with Crippen LogP contribution in [0.5, 0.6) is 28.7 Å². The molecule has 0 fully saturated rings. The monoisotopic (exact) mass is 380 g/mol. The summed E-state index contributed by atoms with van der Waals surface area (Å²) in [7, 11) is 2.90. The lowest BCUT2D eigenvalue weighted by Crippen LogP contribution is -2.11. The molecule has 0 aliphatic rings. The van der Waals surface area contributed by atoms with Crippen molar-refractivity contribution in [1.82, 2.24) is 0 Å². The number of hydrogen-bond acceptors (Lipinski definition) is 6. The fraction of sp³-hybridized carbons (Fsp3) is 0.136. The van der Waals surface area contributed by atoms with Crippen molar-refractivity contribution < 1.29 is 28.8 Å². The summed E-state index contributed by atoms with van der Waals surface area (Å²) in [5.41, 5.74) is 0.708. The molecule has 6 nitrogen and oxygen atoms in total. The maximum Gasteiger partial charge on any atom is 0.347 e. The molecule has 0 spiro atoms. The van der Waals surface area contributed by atoms with E-state index in [1.165, 1.54) is 20.3 Å². The van der Waals surface area contributed by atoms with Gasteiger partial charge in [-0.3, -0.25) is 0 Å². The van der Waals surface area contributed by atoms with Gasteiger partial charge in [0.1, 0.15) is 34.3 Å². The third kappa shape index (κ3) is 4.42. The maximum absolute atomic E-state index is 12.6. The molecule has 0 aliphatic heterocycles. The topological polar surface area (TPSA) is 74.2 Å².